The molecule has 0 amide bonds. The lowest BCUT2D eigenvalue weighted by Crippen LogP contribution is -2.43. The number of benzene rings is 1. The molecule has 8 heteroatoms. The largest absolute Gasteiger partial charge is 0.328 e. The van der Waals surface area contributed by atoms with E-state index >= 15 is 0 Å². The highest BCUT2D eigenvalue weighted by Gasteiger charge is 2.30. The summed E-state index contributed by atoms with van der Waals surface area (Å²) in [6.45, 7) is 1.93. The maximum atomic E-state index is 13.7. The van der Waals surface area contributed by atoms with Gasteiger partial charge in [-0.1, -0.05) is 0 Å². The van der Waals surface area contributed by atoms with E-state index in [1.807, 2.05) is 0 Å². The molecule has 114 valence electrons. The Morgan fingerprint density at radius 3 is 2.30 bits per heavy atom. The van der Waals surface area contributed by atoms with E-state index < -0.39 is 26.6 Å². The van der Waals surface area contributed by atoms with Gasteiger partial charge in [0.15, 0.2) is 0 Å². The van der Waals surface area contributed by atoms with Crippen LogP contribution in [0, 0.1) is 18.6 Å². The molecular formula is C12H17ClF2N2O2S. The lowest BCUT2D eigenvalue weighted by atomic mass is 10.1. The lowest BCUT2D eigenvalue weighted by molar-refractivity contribution is 0.318. The molecule has 20 heavy (non-hydrogen) atoms. The molecule has 1 aliphatic heterocycles. The summed E-state index contributed by atoms with van der Waals surface area (Å²) in [5.41, 5.74) is 5.81. The van der Waals surface area contributed by atoms with Crippen LogP contribution in [0.2, 0.25) is 0 Å². The van der Waals surface area contributed by atoms with E-state index in [1.165, 1.54) is 11.2 Å². The van der Waals surface area contributed by atoms with Crippen molar-refractivity contribution in [2.75, 3.05) is 13.1 Å². The monoisotopic (exact) mass is 326 g/mol. The maximum absolute atomic E-state index is 13.7. The quantitative estimate of drug-likeness (QED) is 0.901. The Labute approximate surface area is 123 Å². The normalized spacial score (nSPS) is 17.8. The second-order valence-electron chi connectivity index (χ2n) is 4.77. The van der Waals surface area contributed by atoms with Gasteiger partial charge in [-0.2, -0.15) is 4.31 Å². The third-order valence-electron chi connectivity index (χ3n) is 3.33. The van der Waals surface area contributed by atoms with Gasteiger partial charge in [0.2, 0.25) is 10.0 Å². The lowest BCUT2D eigenvalue weighted by Gasteiger charge is -2.29. The maximum Gasteiger partial charge on any atom is 0.245 e. The molecule has 1 aromatic rings. The standard InChI is InChI=1S/C12H16F2N2O2S.ClH/c1-8-6-12(11(14)7-10(8)13)19(17,18)16-4-2-9(15)3-5-16;/h6-7,9H,2-5,15H2,1H3;1H. The van der Waals surface area contributed by atoms with Crippen molar-refractivity contribution < 1.29 is 17.2 Å². The minimum Gasteiger partial charge on any atom is -0.328 e. The second-order valence-corrected chi connectivity index (χ2v) is 6.68. The van der Waals surface area contributed by atoms with E-state index in [2.05, 4.69) is 0 Å². The molecule has 0 atom stereocenters. The number of hydrogen-bond donors (Lipinski definition) is 1. The van der Waals surface area contributed by atoms with Crippen molar-refractivity contribution >= 4 is 22.4 Å². The fourth-order valence-corrected chi connectivity index (χ4v) is 3.68. The smallest absolute Gasteiger partial charge is 0.245 e. The number of halogens is 3. The third kappa shape index (κ3) is 3.28. The molecule has 4 nitrogen and oxygen atoms in total. The highest BCUT2D eigenvalue weighted by atomic mass is 35.5. The number of nitrogens with zero attached hydrogens (tertiary/aromatic N) is 1. The van der Waals surface area contributed by atoms with Gasteiger partial charge in [-0.3, -0.25) is 0 Å². The summed E-state index contributed by atoms with van der Waals surface area (Å²) >= 11 is 0. The van der Waals surface area contributed by atoms with E-state index in [-0.39, 0.29) is 37.1 Å². The van der Waals surface area contributed by atoms with Crippen LogP contribution >= 0.6 is 12.4 Å². The number of piperidine rings is 1. The van der Waals surface area contributed by atoms with Crippen LogP contribution in [0.25, 0.3) is 0 Å². The van der Waals surface area contributed by atoms with Crippen molar-refractivity contribution in [3.05, 3.63) is 29.3 Å². The van der Waals surface area contributed by atoms with E-state index in [4.69, 9.17) is 5.73 Å². The van der Waals surface area contributed by atoms with Crippen LogP contribution in [0.15, 0.2) is 17.0 Å². The summed E-state index contributed by atoms with van der Waals surface area (Å²) in [6, 6.07) is 1.62. The summed E-state index contributed by atoms with van der Waals surface area (Å²) in [5, 5.41) is 0. The van der Waals surface area contributed by atoms with Gasteiger partial charge in [-0.25, -0.2) is 17.2 Å². The van der Waals surface area contributed by atoms with Gasteiger partial charge in [-0.05, 0) is 31.4 Å². The summed E-state index contributed by atoms with van der Waals surface area (Å²) in [6.07, 6.45) is 1.09. The Bertz CT molecular complexity index is 587. The summed E-state index contributed by atoms with van der Waals surface area (Å²) < 4.78 is 52.7. The van der Waals surface area contributed by atoms with Crippen LogP contribution in [0.3, 0.4) is 0 Å². The molecule has 1 fully saturated rings. The van der Waals surface area contributed by atoms with Gasteiger partial charge in [0.1, 0.15) is 16.5 Å². The van der Waals surface area contributed by atoms with Crippen LogP contribution in [0.5, 0.6) is 0 Å². The van der Waals surface area contributed by atoms with Crippen molar-refractivity contribution in [1.82, 2.24) is 4.31 Å². The second kappa shape index (κ2) is 6.34. The van der Waals surface area contributed by atoms with Gasteiger partial charge < -0.3 is 5.73 Å². The van der Waals surface area contributed by atoms with E-state index in [9.17, 15) is 17.2 Å². The number of sulfonamides is 1. The minimum absolute atomic E-state index is 0. The van der Waals surface area contributed by atoms with E-state index in [1.54, 1.807) is 0 Å². The molecule has 0 spiro atoms. The van der Waals surface area contributed by atoms with Crippen molar-refractivity contribution in [3.8, 4) is 0 Å². The molecule has 0 aromatic heterocycles. The highest BCUT2D eigenvalue weighted by molar-refractivity contribution is 7.89. The van der Waals surface area contributed by atoms with Crippen LogP contribution in [-0.4, -0.2) is 31.9 Å². The van der Waals surface area contributed by atoms with E-state index in [0.717, 1.165) is 6.07 Å². The first-order chi connectivity index (χ1) is 8.82. The zero-order valence-electron chi connectivity index (χ0n) is 11.0. The van der Waals surface area contributed by atoms with Gasteiger partial charge in [0, 0.05) is 25.2 Å². The van der Waals surface area contributed by atoms with Crippen molar-refractivity contribution in [3.63, 3.8) is 0 Å². The zero-order chi connectivity index (χ0) is 14.2. The number of nitrogens with two attached hydrogens (primary N) is 1. The van der Waals surface area contributed by atoms with E-state index in [0.29, 0.717) is 18.9 Å². The van der Waals surface area contributed by atoms with Crippen molar-refractivity contribution in [1.29, 1.82) is 0 Å². The minimum atomic E-state index is -3.92. The Hall–Kier alpha value is -0.760. The zero-order valence-corrected chi connectivity index (χ0v) is 12.6. The first kappa shape index (κ1) is 17.3. The predicted octanol–water partition coefficient (Wildman–Crippen LogP) is 1.81. The Balaban J connectivity index is 0.00000200. The summed E-state index contributed by atoms with van der Waals surface area (Å²) in [4.78, 5) is -0.470. The summed E-state index contributed by atoms with van der Waals surface area (Å²) in [5.74, 6) is -1.81. The third-order valence-corrected chi connectivity index (χ3v) is 5.24. The predicted molar refractivity (Wildman–Crippen MR) is 74.3 cm³/mol. The molecule has 2 rings (SSSR count). The van der Waals surface area contributed by atoms with Crippen molar-refractivity contribution in [2.24, 2.45) is 5.73 Å². The molecule has 1 heterocycles. The Morgan fingerprint density at radius 1 is 1.20 bits per heavy atom. The van der Waals surface area contributed by atoms with Crippen LogP contribution < -0.4 is 5.73 Å². The first-order valence-corrected chi connectivity index (χ1v) is 7.48. The molecule has 1 saturated heterocycles. The Kier molecular flexibility index (Phi) is 5.48. The fourth-order valence-electron chi connectivity index (χ4n) is 2.08. The SMILES string of the molecule is Cc1cc(S(=O)(=O)N2CCC(N)CC2)c(F)cc1F.Cl. The average Bonchev–Trinajstić information content (AvgIpc) is 2.34. The molecule has 2 N–H and O–H groups in total. The molecule has 1 aromatic carbocycles. The first-order valence-electron chi connectivity index (χ1n) is 6.03. The number of aryl methyl sites for hydroxylation is 1. The molecule has 0 unspecified atom stereocenters. The Morgan fingerprint density at radius 2 is 1.75 bits per heavy atom. The molecule has 0 bridgehead atoms. The molecular weight excluding hydrogens is 310 g/mol. The molecule has 0 aliphatic carbocycles. The van der Waals surface area contributed by atoms with Crippen molar-refractivity contribution in [2.45, 2.75) is 30.7 Å². The van der Waals surface area contributed by atoms with Crippen LogP contribution in [0.4, 0.5) is 8.78 Å². The topological polar surface area (TPSA) is 63.4 Å². The summed E-state index contributed by atoms with van der Waals surface area (Å²) in [7, 11) is -3.92. The number of rotatable bonds is 2. The fraction of sp³-hybridized carbons (Fsp3) is 0.500. The van der Waals surface area contributed by atoms with Gasteiger partial charge in [0.25, 0.3) is 0 Å². The molecule has 1 aliphatic rings. The van der Waals surface area contributed by atoms with Crippen LogP contribution in [0.1, 0.15) is 18.4 Å². The van der Waals surface area contributed by atoms with Crippen LogP contribution in [-0.2, 0) is 10.0 Å². The van der Waals surface area contributed by atoms with Gasteiger partial charge in [0.05, 0.1) is 0 Å². The van der Waals surface area contributed by atoms with Gasteiger partial charge >= 0.3 is 0 Å². The highest BCUT2D eigenvalue weighted by Crippen LogP contribution is 2.24. The molecule has 0 radical (unpaired) electrons. The van der Waals surface area contributed by atoms with Gasteiger partial charge in [-0.15, -0.1) is 12.4 Å². The average molecular weight is 327 g/mol. The number of hydrogen-bond acceptors (Lipinski definition) is 3. The molecule has 0 saturated carbocycles.